The van der Waals surface area contributed by atoms with Gasteiger partial charge in [-0.15, -0.1) is 0 Å². The van der Waals surface area contributed by atoms with Crippen molar-refractivity contribution in [1.29, 1.82) is 0 Å². The number of rotatable bonds is 6. The summed E-state index contributed by atoms with van der Waals surface area (Å²) < 4.78 is 10.2. The average Bonchev–Trinajstić information content (AvgIpc) is 2.66. The van der Waals surface area contributed by atoms with Crippen LogP contribution in [0.1, 0.15) is 15.9 Å². The summed E-state index contributed by atoms with van der Waals surface area (Å²) in [6.45, 7) is -0.265. The Bertz CT molecular complexity index is 897. The third-order valence-electron chi connectivity index (χ3n) is 3.94. The van der Waals surface area contributed by atoms with E-state index in [0.29, 0.717) is 11.3 Å². The molecule has 3 aromatic rings. The van der Waals surface area contributed by atoms with Gasteiger partial charge in [0.2, 0.25) is 0 Å². The molecule has 0 aromatic heterocycles. The standard InChI is InChI=1S/C21H18O4/c1-24-19-10-8-17(9-11-19)20(22)14-25-21(23)13-15-6-7-16-4-2-3-5-18(16)12-15/h2-12H,13-14H2,1H3. The van der Waals surface area contributed by atoms with Crippen LogP contribution in [0.5, 0.6) is 5.75 Å². The van der Waals surface area contributed by atoms with Crippen molar-refractivity contribution in [3.05, 3.63) is 77.9 Å². The van der Waals surface area contributed by atoms with Crippen LogP contribution in [0.4, 0.5) is 0 Å². The first-order valence-electron chi connectivity index (χ1n) is 7.96. The highest BCUT2D eigenvalue weighted by atomic mass is 16.5. The number of benzene rings is 3. The predicted octanol–water partition coefficient (Wildman–Crippen LogP) is 3.82. The van der Waals surface area contributed by atoms with Crippen LogP contribution in [0.15, 0.2) is 66.7 Å². The minimum absolute atomic E-state index is 0.140. The van der Waals surface area contributed by atoms with Crippen LogP contribution in [0.2, 0.25) is 0 Å². The van der Waals surface area contributed by atoms with Crippen molar-refractivity contribution in [2.75, 3.05) is 13.7 Å². The van der Waals surface area contributed by atoms with E-state index in [9.17, 15) is 9.59 Å². The summed E-state index contributed by atoms with van der Waals surface area (Å²) in [4.78, 5) is 24.0. The number of Topliss-reactive ketones (excluding diaryl/α,β-unsaturated/α-hetero) is 1. The van der Waals surface area contributed by atoms with E-state index in [4.69, 9.17) is 9.47 Å². The van der Waals surface area contributed by atoms with Crippen molar-refractivity contribution in [1.82, 2.24) is 0 Å². The molecule has 3 rings (SSSR count). The smallest absolute Gasteiger partial charge is 0.310 e. The maximum Gasteiger partial charge on any atom is 0.310 e. The second kappa shape index (κ2) is 7.62. The van der Waals surface area contributed by atoms with Gasteiger partial charge in [0.1, 0.15) is 5.75 Å². The second-order valence-electron chi connectivity index (χ2n) is 5.67. The van der Waals surface area contributed by atoms with Gasteiger partial charge in [-0.3, -0.25) is 9.59 Å². The van der Waals surface area contributed by atoms with Gasteiger partial charge in [0.25, 0.3) is 0 Å². The first-order valence-corrected chi connectivity index (χ1v) is 7.96. The van der Waals surface area contributed by atoms with Crippen molar-refractivity contribution in [3.8, 4) is 5.75 Å². The number of methoxy groups -OCH3 is 1. The third-order valence-corrected chi connectivity index (χ3v) is 3.94. The maximum atomic E-state index is 12.1. The summed E-state index contributed by atoms with van der Waals surface area (Å²) >= 11 is 0. The van der Waals surface area contributed by atoms with Crippen LogP contribution >= 0.6 is 0 Å². The molecule has 0 fully saturated rings. The number of ether oxygens (including phenoxy) is 2. The lowest BCUT2D eigenvalue weighted by atomic mass is 10.1. The SMILES string of the molecule is COc1ccc(C(=O)COC(=O)Cc2ccc3ccccc3c2)cc1. The fourth-order valence-electron chi connectivity index (χ4n) is 2.57. The van der Waals surface area contributed by atoms with E-state index in [0.717, 1.165) is 16.3 Å². The monoisotopic (exact) mass is 334 g/mol. The Kier molecular flexibility index (Phi) is 5.09. The van der Waals surface area contributed by atoms with Gasteiger partial charge in [-0.05, 0) is 40.6 Å². The van der Waals surface area contributed by atoms with E-state index in [-0.39, 0.29) is 18.8 Å². The van der Waals surface area contributed by atoms with Gasteiger partial charge in [0, 0.05) is 5.56 Å². The summed E-state index contributed by atoms with van der Waals surface area (Å²) in [7, 11) is 1.56. The van der Waals surface area contributed by atoms with E-state index in [2.05, 4.69) is 0 Å². The zero-order valence-electron chi connectivity index (χ0n) is 13.9. The van der Waals surface area contributed by atoms with Crippen LogP contribution in [0.3, 0.4) is 0 Å². The number of hydrogen-bond acceptors (Lipinski definition) is 4. The summed E-state index contributed by atoms with van der Waals surface area (Å²) in [5.41, 5.74) is 1.35. The summed E-state index contributed by atoms with van der Waals surface area (Å²) in [6, 6.07) is 20.5. The number of fused-ring (bicyclic) bond motifs is 1. The molecule has 4 heteroatoms. The maximum absolute atomic E-state index is 12.1. The van der Waals surface area contributed by atoms with Crippen molar-refractivity contribution < 1.29 is 19.1 Å². The van der Waals surface area contributed by atoms with E-state index in [1.807, 2.05) is 42.5 Å². The Balaban J connectivity index is 1.57. The van der Waals surface area contributed by atoms with Gasteiger partial charge >= 0.3 is 5.97 Å². The lowest BCUT2D eigenvalue weighted by Gasteiger charge is -2.06. The fraction of sp³-hybridized carbons (Fsp3) is 0.143. The van der Waals surface area contributed by atoms with Gasteiger partial charge in [-0.25, -0.2) is 0 Å². The molecule has 0 spiro atoms. The Morgan fingerprint density at radius 3 is 2.32 bits per heavy atom. The minimum Gasteiger partial charge on any atom is -0.497 e. The summed E-state index contributed by atoms with van der Waals surface area (Å²) in [6.07, 6.45) is 0.140. The van der Waals surface area contributed by atoms with Crippen molar-refractivity contribution in [2.45, 2.75) is 6.42 Å². The number of carbonyl (C=O) groups excluding carboxylic acids is 2. The Hall–Kier alpha value is -3.14. The molecular formula is C21H18O4. The highest BCUT2D eigenvalue weighted by Crippen LogP contribution is 2.16. The van der Waals surface area contributed by atoms with Crippen molar-refractivity contribution in [2.24, 2.45) is 0 Å². The van der Waals surface area contributed by atoms with E-state index in [1.54, 1.807) is 31.4 Å². The molecule has 0 heterocycles. The Labute approximate surface area is 146 Å². The van der Waals surface area contributed by atoms with Gasteiger partial charge in [-0.2, -0.15) is 0 Å². The largest absolute Gasteiger partial charge is 0.497 e. The molecule has 3 aromatic carbocycles. The number of carbonyl (C=O) groups is 2. The molecule has 0 unspecified atom stereocenters. The molecule has 0 saturated carbocycles. The lowest BCUT2D eigenvalue weighted by Crippen LogP contribution is -2.15. The Morgan fingerprint density at radius 1 is 0.880 bits per heavy atom. The van der Waals surface area contributed by atoms with Gasteiger partial charge in [0.05, 0.1) is 13.5 Å². The van der Waals surface area contributed by atoms with E-state index >= 15 is 0 Å². The first-order chi connectivity index (χ1) is 12.2. The molecular weight excluding hydrogens is 316 g/mol. The van der Waals surface area contributed by atoms with Crippen LogP contribution in [-0.4, -0.2) is 25.5 Å². The fourth-order valence-corrected chi connectivity index (χ4v) is 2.57. The third kappa shape index (κ3) is 4.23. The molecule has 25 heavy (non-hydrogen) atoms. The molecule has 0 aliphatic rings. The van der Waals surface area contributed by atoms with Crippen LogP contribution in [0, 0.1) is 0 Å². The van der Waals surface area contributed by atoms with Crippen LogP contribution < -0.4 is 4.74 Å². The molecule has 0 aliphatic heterocycles. The van der Waals surface area contributed by atoms with Crippen LogP contribution in [-0.2, 0) is 16.0 Å². The number of esters is 1. The normalized spacial score (nSPS) is 10.4. The number of hydrogen-bond donors (Lipinski definition) is 0. The van der Waals surface area contributed by atoms with E-state index < -0.39 is 5.97 Å². The zero-order chi connectivity index (χ0) is 17.6. The molecule has 0 radical (unpaired) electrons. The van der Waals surface area contributed by atoms with Crippen LogP contribution in [0.25, 0.3) is 10.8 Å². The molecule has 0 N–H and O–H groups in total. The number of ketones is 1. The van der Waals surface area contributed by atoms with Gasteiger partial charge in [-0.1, -0.05) is 42.5 Å². The Morgan fingerprint density at radius 2 is 1.60 bits per heavy atom. The topological polar surface area (TPSA) is 52.6 Å². The van der Waals surface area contributed by atoms with Gasteiger partial charge < -0.3 is 9.47 Å². The predicted molar refractivity (Wildman–Crippen MR) is 95.9 cm³/mol. The molecule has 0 amide bonds. The van der Waals surface area contributed by atoms with Crippen molar-refractivity contribution >= 4 is 22.5 Å². The average molecular weight is 334 g/mol. The first kappa shape index (κ1) is 16.7. The molecule has 0 saturated heterocycles. The summed E-state index contributed by atoms with van der Waals surface area (Å²) in [5, 5.41) is 2.19. The summed E-state index contributed by atoms with van der Waals surface area (Å²) in [5.74, 6) is 0.0107. The quantitative estimate of drug-likeness (QED) is 0.508. The minimum atomic E-state index is -0.419. The lowest BCUT2D eigenvalue weighted by molar-refractivity contribution is -0.141. The zero-order valence-corrected chi connectivity index (χ0v) is 13.9. The van der Waals surface area contributed by atoms with Gasteiger partial charge in [0.15, 0.2) is 12.4 Å². The molecule has 0 bridgehead atoms. The van der Waals surface area contributed by atoms with Crippen molar-refractivity contribution in [3.63, 3.8) is 0 Å². The highest BCUT2D eigenvalue weighted by Gasteiger charge is 2.11. The molecule has 4 nitrogen and oxygen atoms in total. The molecule has 0 aliphatic carbocycles. The molecule has 126 valence electrons. The highest BCUT2D eigenvalue weighted by molar-refractivity contribution is 5.98. The van der Waals surface area contributed by atoms with E-state index in [1.165, 1.54) is 0 Å². The molecule has 0 atom stereocenters. The second-order valence-corrected chi connectivity index (χ2v) is 5.67.